The Labute approximate surface area is 158 Å². The summed E-state index contributed by atoms with van der Waals surface area (Å²) in [6.07, 6.45) is -4.79. The molecule has 28 heavy (non-hydrogen) atoms. The molecule has 7 nitrogen and oxygen atoms in total. The van der Waals surface area contributed by atoms with Gasteiger partial charge in [0.2, 0.25) is 5.88 Å². The molecule has 1 aromatic carbocycles. The van der Waals surface area contributed by atoms with Gasteiger partial charge in [-0.2, -0.15) is 13.2 Å². The van der Waals surface area contributed by atoms with Gasteiger partial charge in [-0.25, -0.2) is 9.78 Å². The second kappa shape index (κ2) is 8.59. The van der Waals surface area contributed by atoms with E-state index in [0.29, 0.717) is 0 Å². The van der Waals surface area contributed by atoms with Crippen LogP contribution >= 0.6 is 0 Å². The highest BCUT2D eigenvalue weighted by Gasteiger charge is 2.28. The molecule has 1 aromatic heterocycles. The zero-order chi connectivity index (χ0) is 20.9. The fraction of sp³-hybridized carbons (Fsp3) is 0.278. The molecule has 0 radical (unpaired) electrons. The van der Waals surface area contributed by atoms with Gasteiger partial charge in [-0.1, -0.05) is 6.07 Å². The third-order valence-corrected chi connectivity index (χ3v) is 3.18. The first-order valence-electron chi connectivity index (χ1n) is 8.07. The quantitative estimate of drug-likeness (QED) is 0.737. The number of carbonyl (C=O) groups excluding carboxylic acids is 1. The molecule has 0 spiro atoms. The van der Waals surface area contributed by atoms with Crippen molar-refractivity contribution in [2.45, 2.75) is 26.1 Å². The predicted molar refractivity (Wildman–Crippen MR) is 92.9 cm³/mol. The maximum absolute atomic E-state index is 12.4. The predicted octanol–water partition coefficient (Wildman–Crippen LogP) is 3.76. The highest BCUT2D eigenvalue weighted by Crippen LogP contribution is 2.27. The summed E-state index contributed by atoms with van der Waals surface area (Å²) in [4.78, 5) is 27.3. The van der Waals surface area contributed by atoms with Crippen LogP contribution in [0.4, 0.5) is 18.9 Å². The molecule has 0 bridgehead atoms. The Morgan fingerprint density at radius 3 is 2.54 bits per heavy atom. The number of ether oxygens (including phenoxy) is 2. The van der Waals surface area contributed by atoms with Gasteiger partial charge in [-0.15, -0.1) is 0 Å². The average Bonchev–Trinajstić information content (AvgIpc) is 2.60. The van der Waals surface area contributed by atoms with Crippen molar-refractivity contribution >= 4 is 17.6 Å². The van der Waals surface area contributed by atoms with E-state index in [0.717, 1.165) is 0 Å². The number of carboxylic acids is 1. The van der Waals surface area contributed by atoms with Gasteiger partial charge in [-0.3, -0.25) is 4.79 Å². The van der Waals surface area contributed by atoms with Crippen LogP contribution in [0.25, 0.3) is 0 Å². The molecule has 0 unspecified atom stereocenters. The lowest BCUT2D eigenvalue weighted by Crippen LogP contribution is -2.20. The van der Waals surface area contributed by atoms with E-state index in [4.69, 9.17) is 9.84 Å². The second-order valence-corrected chi connectivity index (χ2v) is 5.90. The molecule has 1 amide bonds. The van der Waals surface area contributed by atoms with Crippen LogP contribution in [0.1, 0.15) is 34.7 Å². The monoisotopic (exact) mass is 398 g/mol. The molecule has 0 aliphatic carbocycles. The van der Waals surface area contributed by atoms with E-state index in [9.17, 15) is 22.8 Å². The molecule has 0 fully saturated rings. The van der Waals surface area contributed by atoms with Crippen LogP contribution in [0.5, 0.6) is 11.6 Å². The van der Waals surface area contributed by atoms with Crippen LogP contribution < -0.4 is 14.8 Å². The van der Waals surface area contributed by atoms with Crippen molar-refractivity contribution in [2.24, 2.45) is 0 Å². The maximum atomic E-state index is 12.4. The zero-order valence-corrected chi connectivity index (χ0v) is 14.9. The van der Waals surface area contributed by atoms with Crippen LogP contribution in [-0.2, 0) is 0 Å². The minimum absolute atomic E-state index is 0.0818. The summed E-state index contributed by atoms with van der Waals surface area (Å²) in [5.41, 5.74) is -0.209. The summed E-state index contributed by atoms with van der Waals surface area (Å²) in [6.45, 7) is 1.96. The number of hydrogen-bond donors (Lipinski definition) is 2. The van der Waals surface area contributed by atoms with E-state index in [2.05, 4.69) is 15.0 Å². The van der Waals surface area contributed by atoms with Crippen LogP contribution in [0.15, 0.2) is 36.4 Å². The number of nitrogens with zero attached hydrogens (tertiary/aromatic N) is 1. The molecule has 2 N–H and O–H groups in total. The summed E-state index contributed by atoms with van der Waals surface area (Å²) in [7, 11) is 0. The first-order chi connectivity index (χ1) is 13.0. The maximum Gasteiger partial charge on any atom is 0.422 e. The first-order valence-corrected chi connectivity index (χ1v) is 8.07. The largest absolute Gasteiger partial charge is 0.489 e. The number of halogens is 3. The molecular formula is C18H17F3N2O5. The number of nitrogens with one attached hydrogen (secondary N) is 1. The number of rotatable bonds is 7. The number of aromatic nitrogens is 1. The Hall–Kier alpha value is -3.30. The van der Waals surface area contributed by atoms with Crippen molar-refractivity contribution in [1.82, 2.24) is 4.98 Å². The van der Waals surface area contributed by atoms with E-state index < -0.39 is 24.7 Å². The van der Waals surface area contributed by atoms with E-state index in [1.807, 2.05) is 0 Å². The molecule has 0 atom stereocenters. The van der Waals surface area contributed by atoms with Gasteiger partial charge in [0.05, 0.1) is 17.4 Å². The minimum Gasteiger partial charge on any atom is -0.489 e. The van der Waals surface area contributed by atoms with Gasteiger partial charge in [0, 0.05) is 6.07 Å². The van der Waals surface area contributed by atoms with Gasteiger partial charge in [0.15, 0.2) is 6.61 Å². The van der Waals surface area contributed by atoms with Gasteiger partial charge >= 0.3 is 12.1 Å². The number of amides is 1. The van der Waals surface area contributed by atoms with E-state index in [-0.39, 0.29) is 34.7 Å². The highest BCUT2D eigenvalue weighted by atomic mass is 19.4. The molecule has 2 aromatic rings. The standard InChI is InChI=1S/C18H17F3N2O5/c1-10(2)28-14-7-6-11(17(25)26)8-13(14)23-16(24)12-4-3-5-15(22-12)27-9-18(19,20)21/h3-8,10H,9H2,1-2H3,(H,23,24)(H,25,26). The molecule has 2 rings (SSSR count). The summed E-state index contributed by atoms with van der Waals surface area (Å²) in [5, 5.41) is 11.6. The zero-order valence-electron chi connectivity index (χ0n) is 14.9. The van der Waals surface area contributed by atoms with E-state index in [1.165, 1.54) is 36.4 Å². The van der Waals surface area contributed by atoms with Crippen molar-refractivity contribution in [2.75, 3.05) is 11.9 Å². The molecule has 0 saturated heterocycles. The number of benzene rings is 1. The third kappa shape index (κ3) is 6.15. The lowest BCUT2D eigenvalue weighted by atomic mass is 10.1. The van der Waals surface area contributed by atoms with Crippen molar-refractivity contribution in [3.8, 4) is 11.6 Å². The Morgan fingerprint density at radius 1 is 1.21 bits per heavy atom. The summed E-state index contributed by atoms with van der Waals surface area (Å²) in [5.74, 6) is -2.11. The topological polar surface area (TPSA) is 97.8 Å². The van der Waals surface area contributed by atoms with Gasteiger partial charge in [0.25, 0.3) is 5.91 Å². The third-order valence-electron chi connectivity index (χ3n) is 3.18. The lowest BCUT2D eigenvalue weighted by molar-refractivity contribution is -0.154. The highest BCUT2D eigenvalue weighted by molar-refractivity contribution is 6.04. The normalized spacial score (nSPS) is 11.2. The van der Waals surface area contributed by atoms with E-state index in [1.54, 1.807) is 13.8 Å². The van der Waals surface area contributed by atoms with Crippen LogP contribution in [0.3, 0.4) is 0 Å². The minimum atomic E-state index is -4.54. The van der Waals surface area contributed by atoms with Crippen molar-refractivity contribution in [3.63, 3.8) is 0 Å². The van der Waals surface area contributed by atoms with Gasteiger partial charge in [-0.05, 0) is 38.1 Å². The lowest BCUT2D eigenvalue weighted by Gasteiger charge is -2.15. The molecule has 150 valence electrons. The Morgan fingerprint density at radius 2 is 1.93 bits per heavy atom. The van der Waals surface area contributed by atoms with Crippen molar-refractivity contribution in [3.05, 3.63) is 47.7 Å². The summed E-state index contributed by atoms with van der Waals surface area (Å²) < 4.78 is 46.8. The van der Waals surface area contributed by atoms with Crippen molar-refractivity contribution < 1.29 is 37.3 Å². The molecule has 0 aliphatic rings. The van der Waals surface area contributed by atoms with Crippen LogP contribution in [0, 0.1) is 0 Å². The number of carbonyl (C=O) groups is 2. The fourth-order valence-electron chi connectivity index (χ4n) is 2.08. The Balaban J connectivity index is 2.24. The van der Waals surface area contributed by atoms with E-state index >= 15 is 0 Å². The van der Waals surface area contributed by atoms with Crippen molar-refractivity contribution in [1.29, 1.82) is 0 Å². The number of alkyl halides is 3. The molecular weight excluding hydrogens is 381 g/mol. The van der Waals surface area contributed by atoms with Crippen LogP contribution in [-0.4, -0.2) is 40.9 Å². The van der Waals surface area contributed by atoms with Gasteiger partial charge < -0.3 is 19.9 Å². The molecule has 10 heteroatoms. The smallest absolute Gasteiger partial charge is 0.422 e. The second-order valence-electron chi connectivity index (χ2n) is 5.90. The number of anilines is 1. The molecule has 0 aliphatic heterocycles. The SMILES string of the molecule is CC(C)Oc1ccc(C(=O)O)cc1NC(=O)c1cccc(OCC(F)(F)F)n1. The number of pyridine rings is 1. The molecule has 1 heterocycles. The Bertz CT molecular complexity index is 869. The Kier molecular flexibility index (Phi) is 6.45. The average molecular weight is 398 g/mol. The number of aromatic carboxylic acids is 1. The fourth-order valence-corrected chi connectivity index (χ4v) is 2.08. The number of hydrogen-bond acceptors (Lipinski definition) is 5. The summed E-state index contributed by atoms with van der Waals surface area (Å²) >= 11 is 0. The number of carboxylic acid groups (broad SMARTS) is 1. The molecule has 0 saturated carbocycles. The summed E-state index contributed by atoms with van der Waals surface area (Å²) in [6, 6.07) is 7.70. The first kappa shape index (κ1) is 21.0. The van der Waals surface area contributed by atoms with Crippen LogP contribution in [0.2, 0.25) is 0 Å². The van der Waals surface area contributed by atoms with Gasteiger partial charge in [0.1, 0.15) is 11.4 Å².